The summed E-state index contributed by atoms with van der Waals surface area (Å²) >= 11 is 0. The molecule has 0 aromatic heterocycles. The molecule has 0 unspecified atom stereocenters. The van der Waals surface area contributed by atoms with Crippen molar-refractivity contribution in [3.05, 3.63) is 35.6 Å². The Balaban J connectivity index is 2.79. The summed E-state index contributed by atoms with van der Waals surface area (Å²) in [6.07, 6.45) is -0.803. The van der Waals surface area contributed by atoms with Crippen LogP contribution >= 0.6 is 0 Å². The zero-order chi connectivity index (χ0) is 10.8. The second-order valence-corrected chi connectivity index (χ2v) is 2.87. The van der Waals surface area contributed by atoms with E-state index < -0.39 is 24.1 Å². The predicted molar refractivity (Wildman–Crippen MR) is 44.2 cm³/mol. The Labute approximate surface area is 78.5 Å². The molecular weight excluding hydrogens is 195 g/mol. The van der Waals surface area contributed by atoms with Crippen molar-refractivity contribution in [2.45, 2.75) is 12.3 Å². The minimum Gasteiger partial charge on any atom is -0.364 e. The molecule has 76 valence electrons. The van der Waals surface area contributed by atoms with Crippen molar-refractivity contribution in [2.75, 3.05) is 0 Å². The number of rotatable bonds is 3. The second-order valence-electron chi connectivity index (χ2n) is 2.87. The van der Waals surface area contributed by atoms with Gasteiger partial charge < -0.3 is 5.73 Å². The summed E-state index contributed by atoms with van der Waals surface area (Å²) in [6, 6.07) is 4.47. The Morgan fingerprint density at radius 2 is 1.79 bits per heavy atom. The van der Waals surface area contributed by atoms with Gasteiger partial charge in [-0.05, 0) is 17.7 Å². The van der Waals surface area contributed by atoms with Crippen LogP contribution in [0.4, 0.5) is 13.2 Å². The van der Waals surface area contributed by atoms with Gasteiger partial charge in [-0.25, -0.2) is 4.39 Å². The lowest BCUT2D eigenvalue weighted by Crippen LogP contribution is -2.37. The first-order valence-electron chi connectivity index (χ1n) is 3.84. The third-order valence-electron chi connectivity index (χ3n) is 1.70. The Hall–Kier alpha value is -1.52. The first kappa shape index (κ1) is 10.6. The van der Waals surface area contributed by atoms with Crippen molar-refractivity contribution in [1.82, 2.24) is 0 Å². The molecule has 0 fully saturated rings. The maximum Gasteiger partial charge on any atom is 0.328 e. The molecule has 0 aliphatic rings. The molecule has 2 nitrogen and oxygen atoms in total. The van der Waals surface area contributed by atoms with Crippen LogP contribution in [0.5, 0.6) is 0 Å². The van der Waals surface area contributed by atoms with Gasteiger partial charge in [0.1, 0.15) is 5.82 Å². The lowest BCUT2D eigenvalue weighted by molar-refractivity contribution is -0.141. The molecular formula is C9H8F3NO. The van der Waals surface area contributed by atoms with Crippen molar-refractivity contribution in [2.24, 2.45) is 5.73 Å². The van der Waals surface area contributed by atoms with Gasteiger partial charge in [0.2, 0.25) is 0 Å². The van der Waals surface area contributed by atoms with Gasteiger partial charge in [-0.1, -0.05) is 12.1 Å². The lowest BCUT2D eigenvalue weighted by atomic mass is 10.1. The van der Waals surface area contributed by atoms with Crippen LogP contribution in [-0.2, 0) is 11.2 Å². The normalized spacial score (nSPS) is 11.4. The van der Waals surface area contributed by atoms with E-state index >= 15 is 0 Å². The summed E-state index contributed by atoms with van der Waals surface area (Å²) < 4.78 is 37.9. The number of hydrogen-bond donors (Lipinski definition) is 1. The lowest BCUT2D eigenvalue weighted by Gasteiger charge is -2.11. The molecule has 1 aromatic rings. The summed E-state index contributed by atoms with van der Waals surface area (Å²) in [5.74, 6) is -5.78. The molecule has 0 aliphatic carbocycles. The van der Waals surface area contributed by atoms with Crippen LogP contribution in [0.1, 0.15) is 5.56 Å². The minimum absolute atomic E-state index is 0.162. The summed E-state index contributed by atoms with van der Waals surface area (Å²) in [4.78, 5) is 10.3. The topological polar surface area (TPSA) is 43.1 Å². The standard InChI is InChI=1S/C9H8F3NO/c10-7-3-1-6(2-4-7)5-9(11,12)8(13)14/h1-4H,5H2,(H2,13,14). The largest absolute Gasteiger partial charge is 0.364 e. The number of primary amides is 1. The molecule has 0 saturated heterocycles. The highest BCUT2D eigenvalue weighted by Crippen LogP contribution is 2.19. The van der Waals surface area contributed by atoms with Crippen LogP contribution in [0.25, 0.3) is 0 Å². The monoisotopic (exact) mass is 203 g/mol. The maximum absolute atomic E-state index is 12.8. The fourth-order valence-corrected chi connectivity index (χ4v) is 0.946. The number of nitrogens with two attached hydrogens (primary N) is 1. The summed E-state index contributed by atoms with van der Waals surface area (Å²) in [5, 5.41) is 0. The molecule has 0 heterocycles. The average Bonchev–Trinajstić information content (AvgIpc) is 2.08. The molecule has 0 radical (unpaired) electrons. The van der Waals surface area contributed by atoms with Gasteiger partial charge in [0.05, 0.1) is 0 Å². The SMILES string of the molecule is NC(=O)C(F)(F)Cc1ccc(F)cc1. The molecule has 0 aliphatic heterocycles. The van der Waals surface area contributed by atoms with Gasteiger partial charge >= 0.3 is 5.92 Å². The van der Waals surface area contributed by atoms with Crippen molar-refractivity contribution in [1.29, 1.82) is 0 Å². The highest BCUT2D eigenvalue weighted by atomic mass is 19.3. The number of carbonyl (C=O) groups excluding carboxylic acids is 1. The van der Waals surface area contributed by atoms with Gasteiger partial charge in [-0.3, -0.25) is 4.79 Å². The van der Waals surface area contributed by atoms with E-state index in [9.17, 15) is 18.0 Å². The smallest absolute Gasteiger partial charge is 0.328 e. The van der Waals surface area contributed by atoms with E-state index in [0.29, 0.717) is 0 Å². The quantitative estimate of drug-likeness (QED) is 0.794. The van der Waals surface area contributed by atoms with Crippen molar-refractivity contribution >= 4 is 5.91 Å². The second kappa shape index (κ2) is 3.69. The zero-order valence-electron chi connectivity index (χ0n) is 7.14. The van der Waals surface area contributed by atoms with E-state index in [0.717, 1.165) is 12.1 Å². The van der Waals surface area contributed by atoms with Crippen LogP contribution in [0.3, 0.4) is 0 Å². The van der Waals surface area contributed by atoms with E-state index in [4.69, 9.17) is 0 Å². The van der Waals surface area contributed by atoms with Crippen LogP contribution in [0, 0.1) is 5.82 Å². The summed E-state index contributed by atoms with van der Waals surface area (Å²) in [6.45, 7) is 0. The summed E-state index contributed by atoms with van der Waals surface area (Å²) in [5.41, 5.74) is 4.65. The van der Waals surface area contributed by atoms with Gasteiger partial charge in [-0.15, -0.1) is 0 Å². The molecule has 0 saturated carbocycles. The fraction of sp³-hybridized carbons (Fsp3) is 0.222. The minimum atomic E-state index is -3.59. The van der Waals surface area contributed by atoms with Crippen LogP contribution in [0.15, 0.2) is 24.3 Å². The van der Waals surface area contributed by atoms with Gasteiger partial charge in [0.25, 0.3) is 5.91 Å². The van der Waals surface area contributed by atoms with E-state index in [-0.39, 0.29) is 5.56 Å². The molecule has 1 amide bonds. The van der Waals surface area contributed by atoms with Crippen LogP contribution in [0.2, 0.25) is 0 Å². The van der Waals surface area contributed by atoms with Gasteiger partial charge in [0, 0.05) is 6.42 Å². The number of benzene rings is 1. The molecule has 1 rings (SSSR count). The molecule has 14 heavy (non-hydrogen) atoms. The molecule has 1 aromatic carbocycles. The first-order valence-corrected chi connectivity index (χ1v) is 3.84. The first-order chi connectivity index (χ1) is 6.42. The molecule has 0 bridgehead atoms. The van der Waals surface area contributed by atoms with E-state index in [1.54, 1.807) is 0 Å². The maximum atomic E-state index is 12.8. The zero-order valence-corrected chi connectivity index (χ0v) is 7.14. The number of hydrogen-bond acceptors (Lipinski definition) is 1. The number of alkyl halides is 2. The summed E-state index contributed by atoms with van der Waals surface area (Å²) in [7, 11) is 0. The van der Waals surface area contributed by atoms with Gasteiger partial charge in [0.15, 0.2) is 0 Å². The highest BCUT2D eigenvalue weighted by molar-refractivity contribution is 5.81. The third-order valence-corrected chi connectivity index (χ3v) is 1.70. The van der Waals surface area contributed by atoms with Gasteiger partial charge in [-0.2, -0.15) is 8.78 Å². The van der Waals surface area contributed by atoms with Crippen molar-refractivity contribution in [3.8, 4) is 0 Å². The van der Waals surface area contributed by atoms with Crippen molar-refractivity contribution in [3.63, 3.8) is 0 Å². The molecule has 0 atom stereocenters. The predicted octanol–water partition coefficient (Wildman–Crippen LogP) is 1.49. The Kier molecular flexibility index (Phi) is 2.78. The fourth-order valence-electron chi connectivity index (χ4n) is 0.946. The third kappa shape index (κ3) is 2.48. The molecule has 2 N–H and O–H groups in total. The number of carbonyl (C=O) groups is 1. The Morgan fingerprint density at radius 1 is 1.29 bits per heavy atom. The number of amides is 1. The average molecular weight is 203 g/mol. The molecule has 0 spiro atoms. The Bertz CT molecular complexity index is 334. The van der Waals surface area contributed by atoms with E-state index in [1.807, 2.05) is 0 Å². The van der Waals surface area contributed by atoms with Crippen LogP contribution in [-0.4, -0.2) is 11.8 Å². The Morgan fingerprint density at radius 3 is 2.21 bits per heavy atom. The van der Waals surface area contributed by atoms with Crippen molar-refractivity contribution < 1.29 is 18.0 Å². The van der Waals surface area contributed by atoms with Crippen LogP contribution < -0.4 is 5.73 Å². The highest BCUT2D eigenvalue weighted by Gasteiger charge is 2.36. The van der Waals surface area contributed by atoms with E-state index in [1.165, 1.54) is 12.1 Å². The molecule has 5 heteroatoms. The van der Waals surface area contributed by atoms with E-state index in [2.05, 4.69) is 5.73 Å². The number of halogens is 3.